The molecule has 2 unspecified atom stereocenters. The van der Waals surface area contributed by atoms with E-state index in [2.05, 4.69) is 23.7 Å². The number of rotatable bonds is 8. The van der Waals surface area contributed by atoms with Gasteiger partial charge in [0, 0.05) is 30.8 Å². The minimum Gasteiger partial charge on any atom is -0.461 e. The third-order valence-corrected chi connectivity index (χ3v) is 5.39. The number of allylic oxidation sites excluding steroid dienone is 2. The monoisotopic (exact) mass is 391 g/mol. The highest BCUT2D eigenvalue weighted by Gasteiger charge is 2.34. The first-order chi connectivity index (χ1) is 12.8. The van der Waals surface area contributed by atoms with Gasteiger partial charge in [0.25, 0.3) is 0 Å². The Kier molecular flexibility index (Phi) is 7.18. The summed E-state index contributed by atoms with van der Waals surface area (Å²) in [5.74, 6) is -0.267. The molecule has 2 heterocycles. The summed E-state index contributed by atoms with van der Waals surface area (Å²) >= 11 is 5.71. The van der Waals surface area contributed by atoms with Gasteiger partial charge in [-0.05, 0) is 37.8 Å². The van der Waals surface area contributed by atoms with Gasteiger partial charge in [-0.2, -0.15) is 0 Å². The van der Waals surface area contributed by atoms with E-state index in [0.29, 0.717) is 17.3 Å². The summed E-state index contributed by atoms with van der Waals surface area (Å²) in [6.07, 6.45) is 3.27. The van der Waals surface area contributed by atoms with Crippen molar-refractivity contribution in [3.05, 3.63) is 34.8 Å². The van der Waals surface area contributed by atoms with Gasteiger partial charge in [-0.25, -0.2) is 4.79 Å². The largest absolute Gasteiger partial charge is 0.461 e. The molecule has 1 aliphatic heterocycles. The van der Waals surface area contributed by atoms with Crippen LogP contribution in [0, 0.1) is 5.92 Å². The molecule has 0 amide bonds. The van der Waals surface area contributed by atoms with Crippen molar-refractivity contribution in [3.8, 4) is 0 Å². The zero-order chi connectivity index (χ0) is 20.1. The van der Waals surface area contributed by atoms with Crippen molar-refractivity contribution in [2.24, 2.45) is 11.7 Å². The molecule has 1 saturated heterocycles. The van der Waals surface area contributed by atoms with Gasteiger partial charge in [0.15, 0.2) is 0 Å². The summed E-state index contributed by atoms with van der Waals surface area (Å²) in [4.78, 5) is 30.8. The van der Waals surface area contributed by atoms with Crippen molar-refractivity contribution in [2.75, 3.05) is 19.7 Å². The summed E-state index contributed by atoms with van der Waals surface area (Å²) in [5.41, 5.74) is 7.45. The fraction of sp³-hybridized carbons (Fsp3) is 0.550. The van der Waals surface area contributed by atoms with E-state index in [-0.39, 0.29) is 24.0 Å². The number of ketones is 1. The molecule has 0 spiro atoms. The number of carbonyl (C=O) groups is 2. The van der Waals surface area contributed by atoms with E-state index in [1.54, 1.807) is 19.9 Å². The van der Waals surface area contributed by atoms with Crippen LogP contribution in [0.25, 0.3) is 0 Å². The molecule has 0 aliphatic carbocycles. The number of likely N-dealkylation sites (tertiary alicyclic amines) is 1. The van der Waals surface area contributed by atoms with Crippen LogP contribution in [0.2, 0.25) is 0 Å². The lowest BCUT2D eigenvalue weighted by Gasteiger charge is -2.23. The number of hydrogen-bond donors (Lipinski definition) is 2. The minimum atomic E-state index is -0.480. The van der Waals surface area contributed by atoms with E-state index < -0.39 is 5.97 Å². The summed E-state index contributed by atoms with van der Waals surface area (Å²) in [6, 6.07) is 1.70. The summed E-state index contributed by atoms with van der Waals surface area (Å²) in [6.45, 7) is 9.79. The molecule has 148 valence electrons. The molecule has 0 aromatic carbocycles. The molecule has 2 atom stereocenters. The van der Waals surface area contributed by atoms with Crippen molar-refractivity contribution >= 4 is 29.0 Å². The van der Waals surface area contributed by atoms with Gasteiger partial charge in [0.1, 0.15) is 5.69 Å². The molecule has 1 aliphatic rings. The number of ether oxygens (including phenoxy) is 1. The third-order valence-electron chi connectivity index (χ3n) is 4.85. The summed E-state index contributed by atoms with van der Waals surface area (Å²) < 4.78 is 5.07. The van der Waals surface area contributed by atoms with E-state index in [9.17, 15) is 9.59 Å². The van der Waals surface area contributed by atoms with Gasteiger partial charge in [-0.3, -0.25) is 4.79 Å². The van der Waals surface area contributed by atoms with Gasteiger partial charge >= 0.3 is 5.97 Å². The van der Waals surface area contributed by atoms with Crippen LogP contribution >= 0.6 is 12.2 Å². The second-order valence-corrected chi connectivity index (χ2v) is 7.54. The highest BCUT2D eigenvalue weighted by atomic mass is 32.1. The SMILES string of the molecule is CCOC(=O)c1cc(C2CCN(CC(C)CC)C2=S)c(C(=O)C=C(C)N)[nH]1. The lowest BCUT2D eigenvalue weighted by molar-refractivity contribution is 0.0520. The quantitative estimate of drug-likeness (QED) is 0.306. The lowest BCUT2D eigenvalue weighted by Crippen LogP contribution is -2.30. The molecular weight excluding hydrogens is 362 g/mol. The average Bonchev–Trinajstić information content (AvgIpc) is 3.19. The van der Waals surface area contributed by atoms with Gasteiger partial charge < -0.3 is 20.4 Å². The van der Waals surface area contributed by atoms with Crippen molar-refractivity contribution < 1.29 is 14.3 Å². The van der Waals surface area contributed by atoms with Crippen LogP contribution in [0.5, 0.6) is 0 Å². The first-order valence-corrected chi connectivity index (χ1v) is 9.86. The predicted octanol–water partition coefficient (Wildman–Crippen LogP) is 3.40. The van der Waals surface area contributed by atoms with Gasteiger partial charge in [0.2, 0.25) is 5.78 Å². The number of H-pyrrole nitrogens is 1. The van der Waals surface area contributed by atoms with Gasteiger partial charge in [0.05, 0.1) is 17.3 Å². The molecule has 1 fully saturated rings. The van der Waals surface area contributed by atoms with Crippen LogP contribution in [0.1, 0.15) is 73.0 Å². The molecule has 0 radical (unpaired) electrons. The van der Waals surface area contributed by atoms with Crippen LogP contribution < -0.4 is 5.73 Å². The zero-order valence-corrected chi connectivity index (χ0v) is 17.3. The van der Waals surface area contributed by atoms with Gasteiger partial charge in [-0.1, -0.05) is 32.5 Å². The molecule has 27 heavy (non-hydrogen) atoms. The van der Waals surface area contributed by atoms with Crippen LogP contribution in [0.4, 0.5) is 0 Å². The van der Waals surface area contributed by atoms with E-state index >= 15 is 0 Å². The maximum Gasteiger partial charge on any atom is 0.354 e. The number of nitrogens with one attached hydrogen (secondary N) is 1. The van der Waals surface area contributed by atoms with Crippen molar-refractivity contribution in [1.29, 1.82) is 0 Å². The number of aromatic amines is 1. The van der Waals surface area contributed by atoms with E-state index in [1.807, 2.05) is 0 Å². The maximum atomic E-state index is 12.6. The Hall–Kier alpha value is -2.15. The second kappa shape index (κ2) is 9.17. The third kappa shape index (κ3) is 4.97. The number of esters is 1. The highest BCUT2D eigenvalue weighted by Crippen LogP contribution is 2.34. The number of nitrogens with two attached hydrogens (primary N) is 1. The van der Waals surface area contributed by atoms with Crippen molar-refractivity contribution in [1.82, 2.24) is 9.88 Å². The minimum absolute atomic E-state index is 0.0751. The fourth-order valence-corrected chi connectivity index (χ4v) is 3.67. The second-order valence-electron chi connectivity index (χ2n) is 7.13. The summed E-state index contributed by atoms with van der Waals surface area (Å²) in [7, 11) is 0. The Balaban J connectivity index is 2.36. The number of thiocarbonyl (C=S) groups is 1. The summed E-state index contributed by atoms with van der Waals surface area (Å²) in [5, 5.41) is 0. The van der Waals surface area contributed by atoms with E-state index in [4.69, 9.17) is 22.7 Å². The number of hydrogen-bond acceptors (Lipinski definition) is 5. The van der Waals surface area contributed by atoms with E-state index in [1.165, 1.54) is 6.08 Å². The Morgan fingerprint density at radius 2 is 2.19 bits per heavy atom. The Morgan fingerprint density at radius 3 is 2.78 bits per heavy atom. The van der Waals surface area contributed by atoms with Crippen molar-refractivity contribution in [2.45, 2.75) is 46.5 Å². The smallest absolute Gasteiger partial charge is 0.354 e. The predicted molar refractivity (Wildman–Crippen MR) is 110 cm³/mol. The Labute approximate surface area is 166 Å². The number of carbonyl (C=O) groups excluding carboxylic acids is 2. The molecule has 0 saturated carbocycles. The zero-order valence-electron chi connectivity index (χ0n) is 16.5. The fourth-order valence-electron chi connectivity index (χ4n) is 3.26. The van der Waals surface area contributed by atoms with E-state index in [0.717, 1.165) is 36.5 Å². The number of nitrogens with zero attached hydrogens (tertiary/aromatic N) is 1. The van der Waals surface area contributed by atoms with Crippen LogP contribution in [-0.4, -0.2) is 46.3 Å². The number of aromatic nitrogens is 1. The Morgan fingerprint density at radius 1 is 1.48 bits per heavy atom. The lowest BCUT2D eigenvalue weighted by atomic mass is 9.96. The topological polar surface area (TPSA) is 88.4 Å². The first kappa shape index (κ1) is 21.2. The molecular formula is C20H29N3O3S. The Bertz CT molecular complexity index is 750. The molecule has 1 aromatic rings. The van der Waals surface area contributed by atoms with Crippen molar-refractivity contribution in [3.63, 3.8) is 0 Å². The standard InChI is InChI=1S/C20H29N3O3S/c1-5-12(3)11-23-8-7-14(19(23)27)15-10-16(20(25)26-6-2)22-18(15)17(24)9-13(4)21/h9-10,12,14,22H,5-8,11,21H2,1-4H3. The normalized spacial score (nSPS) is 18.7. The molecule has 3 N–H and O–H groups in total. The molecule has 0 bridgehead atoms. The molecule has 7 heteroatoms. The average molecular weight is 392 g/mol. The van der Waals surface area contributed by atoms with Crippen LogP contribution in [0.15, 0.2) is 17.8 Å². The first-order valence-electron chi connectivity index (χ1n) is 9.45. The molecule has 6 nitrogen and oxygen atoms in total. The molecule has 1 aromatic heterocycles. The highest BCUT2D eigenvalue weighted by molar-refractivity contribution is 7.80. The van der Waals surface area contributed by atoms with Gasteiger partial charge in [-0.15, -0.1) is 0 Å². The molecule has 2 rings (SSSR count). The van der Waals surface area contributed by atoms with Crippen LogP contribution in [0.3, 0.4) is 0 Å². The maximum absolute atomic E-state index is 12.6. The van der Waals surface area contributed by atoms with Crippen LogP contribution in [-0.2, 0) is 4.74 Å².